The molecule has 1 aromatic rings. The molecule has 7 heteroatoms. The summed E-state index contributed by atoms with van der Waals surface area (Å²) in [6, 6.07) is 6.17. The third kappa shape index (κ3) is 3.48. The lowest BCUT2D eigenvalue weighted by molar-refractivity contribution is -0.121. The Morgan fingerprint density at radius 1 is 1.36 bits per heavy atom. The van der Waals surface area contributed by atoms with Crippen molar-refractivity contribution in [3.63, 3.8) is 0 Å². The Balaban J connectivity index is 2.12. The number of nitrogens with zero attached hydrogens (tertiary/aromatic N) is 1. The largest absolute Gasteiger partial charge is 0.462 e. The number of anilines is 1. The standard InChI is InChI=1S/C15H17NO5S/c1-2-21-15(20)10-3-5-11(6-4-10)16-13(18)9-12(14(16)19)22-8-7-17/h3-6,12,17H,2,7-9H2,1H3/t12-/m0/s1. The summed E-state index contributed by atoms with van der Waals surface area (Å²) in [5.41, 5.74) is 0.811. The molecule has 0 bridgehead atoms. The maximum Gasteiger partial charge on any atom is 0.338 e. The summed E-state index contributed by atoms with van der Waals surface area (Å²) in [6.07, 6.45) is 0.128. The first-order valence-corrected chi connectivity index (χ1v) is 7.99. The van der Waals surface area contributed by atoms with Gasteiger partial charge in [0.15, 0.2) is 0 Å². The van der Waals surface area contributed by atoms with Crippen molar-refractivity contribution in [2.45, 2.75) is 18.6 Å². The van der Waals surface area contributed by atoms with Crippen LogP contribution in [0.2, 0.25) is 0 Å². The number of hydrogen-bond acceptors (Lipinski definition) is 6. The van der Waals surface area contributed by atoms with Crippen LogP contribution in [0.3, 0.4) is 0 Å². The average Bonchev–Trinajstić information content (AvgIpc) is 2.80. The molecule has 1 atom stereocenters. The molecule has 1 saturated heterocycles. The van der Waals surface area contributed by atoms with Gasteiger partial charge in [-0.2, -0.15) is 0 Å². The molecule has 1 fully saturated rings. The molecule has 0 unspecified atom stereocenters. The number of rotatable bonds is 6. The van der Waals surface area contributed by atoms with Gasteiger partial charge in [0.2, 0.25) is 11.8 Å². The number of hydrogen-bond donors (Lipinski definition) is 1. The Bertz CT molecular complexity index is 572. The fourth-order valence-electron chi connectivity index (χ4n) is 2.16. The quantitative estimate of drug-likeness (QED) is 0.626. The Hall–Kier alpha value is -1.86. The monoisotopic (exact) mass is 323 g/mol. The summed E-state index contributed by atoms with van der Waals surface area (Å²) in [5, 5.41) is 8.36. The Kier molecular flexibility index (Phi) is 5.57. The van der Waals surface area contributed by atoms with Crippen molar-refractivity contribution in [1.29, 1.82) is 0 Å². The predicted molar refractivity (Wildman–Crippen MR) is 82.8 cm³/mol. The van der Waals surface area contributed by atoms with E-state index >= 15 is 0 Å². The maximum absolute atomic E-state index is 12.3. The Morgan fingerprint density at radius 2 is 2.05 bits per heavy atom. The molecule has 118 valence electrons. The molecule has 2 amide bonds. The van der Waals surface area contributed by atoms with E-state index in [2.05, 4.69) is 0 Å². The first kappa shape index (κ1) is 16.5. The van der Waals surface area contributed by atoms with Crippen LogP contribution in [-0.4, -0.2) is 47.1 Å². The number of amides is 2. The third-order valence-electron chi connectivity index (χ3n) is 3.15. The Morgan fingerprint density at radius 3 is 2.64 bits per heavy atom. The van der Waals surface area contributed by atoms with E-state index in [4.69, 9.17) is 9.84 Å². The molecule has 0 spiro atoms. The molecule has 1 aliphatic rings. The van der Waals surface area contributed by atoms with Gasteiger partial charge in [-0.15, -0.1) is 11.8 Å². The first-order chi connectivity index (χ1) is 10.6. The fraction of sp³-hybridized carbons (Fsp3) is 0.400. The molecular formula is C15H17NO5S. The number of ether oxygens (including phenoxy) is 1. The zero-order valence-electron chi connectivity index (χ0n) is 12.2. The van der Waals surface area contributed by atoms with E-state index in [-0.39, 0.29) is 31.4 Å². The molecule has 0 radical (unpaired) electrons. The lowest BCUT2D eigenvalue weighted by atomic mass is 10.2. The third-order valence-corrected chi connectivity index (χ3v) is 4.34. The maximum atomic E-state index is 12.3. The van der Waals surface area contributed by atoms with Crippen molar-refractivity contribution in [2.24, 2.45) is 0 Å². The first-order valence-electron chi connectivity index (χ1n) is 6.95. The van der Waals surface area contributed by atoms with Gasteiger partial charge >= 0.3 is 5.97 Å². The average molecular weight is 323 g/mol. The van der Waals surface area contributed by atoms with Gasteiger partial charge in [-0.3, -0.25) is 9.59 Å². The van der Waals surface area contributed by atoms with Crippen molar-refractivity contribution in [1.82, 2.24) is 0 Å². The minimum atomic E-state index is -0.454. The van der Waals surface area contributed by atoms with Crippen LogP contribution in [0.15, 0.2) is 24.3 Å². The van der Waals surface area contributed by atoms with E-state index < -0.39 is 11.2 Å². The van der Waals surface area contributed by atoms with Gasteiger partial charge < -0.3 is 9.84 Å². The minimum absolute atomic E-state index is 0.0309. The number of aliphatic hydroxyl groups is 1. The lowest BCUT2D eigenvalue weighted by Gasteiger charge is -2.15. The van der Waals surface area contributed by atoms with E-state index in [1.807, 2.05) is 0 Å². The summed E-state index contributed by atoms with van der Waals surface area (Å²) >= 11 is 1.27. The zero-order chi connectivity index (χ0) is 16.1. The molecule has 1 aliphatic heterocycles. The summed E-state index contributed by atoms with van der Waals surface area (Å²) in [6.45, 7) is 1.97. The number of benzene rings is 1. The highest BCUT2D eigenvalue weighted by atomic mass is 32.2. The van der Waals surface area contributed by atoms with E-state index in [0.29, 0.717) is 17.0 Å². The lowest BCUT2D eigenvalue weighted by Crippen LogP contribution is -2.31. The van der Waals surface area contributed by atoms with Gasteiger partial charge in [0, 0.05) is 12.2 Å². The molecular weight excluding hydrogens is 306 g/mol. The minimum Gasteiger partial charge on any atom is -0.462 e. The van der Waals surface area contributed by atoms with Gasteiger partial charge in [0.05, 0.1) is 29.7 Å². The smallest absolute Gasteiger partial charge is 0.338 e. The van der Waals surface area contributed by atoms with Crippen LogP contribution in [0.4, 0.5) is 5.69 Å². The predicted octanol–water partition coefficient (Wildman–Crippen LogP) is 1.22. The fourth-order valence-corrected chi connectivity index (χ4v) is 3.06. The zero-order valence-corrected chi connectivity index (χ0v) is 13.0. The number of thioether (sulfide) groups is 1. The normalized spacial score (nSPS) is 17.9. The second kappa shape index (κ2) is 7.42. The summed E-state index contributed by atoms with van der Waals surface area (Å²) in [7, 11) is 0. The summed E-state index contributed by atoms with van der Waals surface area (Å²) in [4.78, 5) is 37.0. The molecule has 1 aromatic carbocycles. The number of carbonyl (C=O) groups is 3. The van der Waals surface area contributed by atoms with Crippen molar-refractivity contribution >= 4 is 35.2 Å². The van der Waals surface area contributed by atoms with Crippen LogP contribution in [-0.2, 0) is 14.3 Å². The van der Waals surface area contributed by atoms with E-state index in [0.717, 1.165) is 4.90 Å². The van der Waals surface area contributed by atoms with Crippen LogP contribution in [0.1, 0.15) is 23.7 Å². The molecule has 1 heterocycles. The number of imide groups is 1. The van der Waals surface area contributed by atoms with E-state index in [1.165, 1.54) is 23.9 Å². The molecule has 0 aromatic heterocycles. The topological polar surface area (TPSA) is 83.9 Å². The van der Waals surface area contributed by atoms with Gasteiger partial charge in [-0.25, -0.2) is 9.69 Å². The van der Waals surface area contributed by atoms with Crippen molar-refractivity contribution < 1.29 is 24.2 Å². The van der Waals surface area contributed by atoms with Crippen LogP contribution in [0, 0.1) is 0 Å². The van der Waals surface area contributed by atoms with Crippen LogP contribution < -0.4 is 4.90 Å². The summed E-state index contributed by atoms with van der Waals surface area (Å²) < 4.78 is 4.88. The molecule has 6 nitrogen and oxygen atoms in total. The van der Waals surface area contributed by atoms with Crippen molar-refractivity contribution in [3.05, 3.63) is 29.8 Å². The number of aliphatic hydroxyl groups excluding tert-OH is 1. The second-order valence-electron chi connectivity index (χ2n) is 4.62. The van der Waals surface area contributed by atoms with E-state index in [9.17, 15) is 14.4 Å². The second-order valence-corrected chi connectivity index (χ2v) is 5.93. The van der Waals surface area contributed by atoms with Gasteiger partial charge in [-0.05, 0) is 31.2 Å². The Labute approximate surface area is 132 Å². The van der Waals surface area contributed by atoms with Crippen molar-refractivity contribution in [2.75, 3.05) is 23.9 Å². The molecule has 0 aliphatic carbocycles. The number of carbonyl (C=O) groups excluding carboxylic acids is 3. The SMILES string of the molecule is CCOC(=O)c1ccc(N2C(=O)C[C@H](SCCO)C2=O)cc1. The molecule has 2 rings (SSSR count). The van der Waals surface area contributed by atoms with Gasteiger partial charge in [0.25, 0.3) is 0 Å². The highest BCUT2D eigenvalue weighted by Crippen LogP contribution is 2.29. The number of esters is 1. The van der Waals surface area contributed by atoms with Crippen LogP contribution >= 0.6 is 11.8 Å². The molecule has 1 N–H and O–H groups in total. The molecule has 22 heavy (non-hydrogen) atoms. The summed E-state index contributed by atoms with van der Waals surface area (Å²) in [5.74, 6) is -0.583. The van der Waals surface area contributed by atoms with Crippen molar-refractivity contribution in [3.8, 4) is 0 Å². The van der Waals surface area contributed by atoms with Crippen LogP contribution in [0.25, 0.3) is 0 Å². The highest BCUT2D eigenvalue weighted by Gasteiger charge is 2.39. The van der Waals surface area contributed by atoms with E-state index in [1.54, 1.807) is 19.1 Å². The van der Waals surface area contributed by atoms with Crippen LogP contribution in [0.5, 0.6) is 0 Å². The van der Waals surface area contributed by atoms with Gasteiger partial charge in [0.1, 0.15) is 0 Å². The highest BCUT2D eigenvalue weighted by molar-refractivity contribution is 8.00. The molecule has 0 saturated carbocycles. The van der Waals surface area contributed by atoms with Gasteiger partial charge in [-0.1, -0.05) is 0 Å².